The summed E-state index contributed by atoms with van der Waals surface area (Å²) in [6.07, 6.45) is -5.30. The molecule has 0 radical (unpaired) electrons. The molecule has 0 aliphatic heterocycles. The largest absolute Gasteiger partial charge is 0.477 e. The molecule has 0 bridgehead atoms. The molecule has 0 saturated carbocycles. The Hall–Kier alpha value is -7.34. The van der Waals surface area contributed by atoms with Gasteiger partial charge in [-0.1, -0.05) is 0 Å². The fraction of sp³-hybridized carbons (Fsp3) is 0.263. The van der Waals surface area contributed by atoms with Gasteiger partial charge < -0.3 is 30.7 Å². The van der Waals surface area contributed by atoms with E-state index in [9.17, 15) is 35.9 Å². The molecule has 0 atom stereocenters. The first-order valence-electron chi connectivity index (χ1n) is 18.6. The quantitative estimate of drug-likeness (QED) is 0.0397. The number of nitrogens with zero attached hydrogens (tertiary/aromatic N) is 8. The van der Waals surface area contributed by atoms with Crippen LogP contribution in [0.1, 0.15) is 51.9 Å². The zero-order valence-electron chi connectivity index (χ0n) is 32.1. The molecule has 0 spiro atoms. The number of ether oxygens (including phenoxy) is 1. The number of carbonyl (C=O) groups excluding carboxylic acids is 1. The van der Waals surface area contributed by atoms with E-state index >= 15 is 0 Å². The number of anilines is 2. The number of aromatic amines is 2. The first kappa shape index (κ1) is 42.8. The molecule has 18 nitrogen and oxygen atoms in total. The maximum atomic E-state index is 13.3. The van der Waals surface area contributed by atoms with E-state index in [1.807, 2.05) is 0 Å². The molecule has 0 amide bonds. The summed E-state index contributed by atoms with van der Waals surface area (Å²) in [6, 6.07) is 9.20. The van der Waals surface area contributed by atoms with Crippen molar-refractivity contribution < 1.29 is 56.0 Å². The summed E-state index contributed by atoms with van der Waals surface area (Å²) < 4.78 is 87.4. The summed E-state index contributed by atoms with van der Waals surface area (Å²) >= 11 is 0. The number of alkyl halides is 6. The minimum atomic E-state index is -4.54. The number of carboxylic acids is 1. The predicted molar refractivity (Wildman–Crippen MR) is 209 cm³/mol. The molecule has 0 fully saturated rings. The number of aliphatic hydroxyl groups is 2. The van der Waals surface area contributed by atoms with Crippen molar-refractivity contribution in [1.29, 1.82) is 0 Å². The number of imidazole rings is 2. The van der Waals surface area contributed by atoms with Crippen molar-refractivity contribution in [2.24, 2.45) is 0 Å². The number of benzene rings is 2. The van der Waals surface area contributed by atoms with E-state index in [0.717, 1.165) is 24.3 Å². The number of aromatic carboxylic acids is 1. The van der Waals surface area contributed by atoms with E-state index in [0.29, 0.717) is 65.3 Å². The average molecular weight is 869 g/mol. The molecule has 7 N–H and O–H groups in total. The average Bonchev–Trinajstić information content (AvgIpc) is 4.06. The summed E-state index contributed by atoms with van der Waals surface area (Å²) in [5.74, 6) is -1.28. The number of H-pyrrole nitrogens is 2. The fourth-order valence-electron chi connectivity index (χ4n) is 6.32. The molecule has 0 unspecified atom stereocenters. The number of carboxylic acid groups (broad SMARTS) is 1. The molecule has 0 aliphatic rings. The number of nitrogens with one attached hydrogen (secondary N) is 4. The Balaban J connectivity index is 0.000000187. The topological polar surface area (TPSA) is 246 Å². The summed E-state index contributed by atoms with van der Waals surface area (Å²) in [5.41, 5.74) is 1.35. The van der Waals surface area contributed by atoms with Crippen LogP contribution in [0.25, 0.3) is 56.1 Å². The number of carbonyl (C=O) groups is 2. The number of aliphatic hydroxyl groups excluding tert-OH is 2. The van der Waals surface area contributed by atoms with Crippen molar-refractivity contribution in [2.75, 3.05) is 43.5 Å². The SMILES string of the molecule is CCOC(=O)c1cc(-c2cnc3c(NCCCO)nc4cc(C(F)(F)F)ccc4n23)n[nH]1.O=C(O)c1cc(-c2cnc3c(NCCCO)nc4cc(C(F)(F)F)ccc4n23)n[nH]1. The van der Waals surface area contributed by atoms with Gasteiger partial charge in [-0.15, -0.1) is 0 Å². The van der Waals surface area contributed by atoms with E-state index in [1.54, 1.807) is 15.7 Å². The number of esters is 1. The van der Waals surface area contributed by atoms with Crippen LogP contribution in [0.3, 0.4) is 0 Å². The molecule has 6 heterocycles. The van der Waals surface area contributed by atoms with Crippen LogP contribution in [0.2, 0.25) is 0 Å². The molecule has 8 rings (SSSR count). The first-order valence-corrected chi connectivity index (χ1v) is 18.6. The Kier molecular flexibility index (Phi) is 12.0. The third-order valence-electron chi connectivity index (χ3n) is 9.16. The van der Waals surface area contributed by atoms with E-state index < -0.39 is 35.4 Å². The third-order valence-corrected chi connectivity index (χ3v) is 9.16. The Morgan fingerprint density at radius 3 is 1.56 bits per heavy atom. The molecule has 6 aromatic heterocycles. The molecule has 324 valence electrons. The Morgan fingerprint density at radius 1 is 0.710 bits per heavy atom. The highest BCUT2D eigenvalue weighted by atomic mass is 19.4. The molecular weight excluding hydrogens is 834 g/mol. The lowest BCUT2D eigenvalue weighted by Crippen LogP contribution is -2.09. The number of hydrogen-bond acceptors (Lipinski definition) is 13. The highest BCUT2D eigenvalue weighted by molar-refractivity contribution is 5.91. The van der Waals surface area contributed by atoms with Crippen LogP contribution < -0.4 is 10.6 Å². The Morgan fingerprint density at radius 2 is 1.16 bits per heavy atom. The summed E-state index contributed by atoms with van der Waals surface area (Å²) in [6.45, 7) is 2.43. The molecule has 8 aromatic rings. The maximum absolute atomic E-state index is 13.3. The van der Waals surface area contributed by atoms with Crippen molar-refractivity contribution >= 4 is 56.9 Å². The molecule has 62 heavy (non-hydrogen) atoms. The number of rotatable bonds is 13. The predicted octanol–water partition coefficient (Wildman–Crippen LogP) is 6.05. The van der Waals surface area contributed by atoms with Gasteiger partial charge in [-0.2, -0.15) is 36.5 Å². The number of hydrogen-bond donors (Lipinski definition) is 7. The number of halogens is 6. The van der Waals surface area contributed by atoms with E-state index in [4.69, 9.17) is 20.1 Å². The van der Waals surface area contributed by atoms with Gasteiger partial charge in [0.15, 0.2) is 22.9 Å². The van der Waals surface area contributed by atoms with Gasteiger partial charge >= 0.3 is 24.3 Å². The van der Waals surface area contributed by atoms with Crippen molar-refractivity contribution in [3.63, 3.8) is 0 Å². The minimum absolute atomic E-state index is 0.0569. The molecule has 0 aliphatic carbocycles. The van der Waals surface area contributed by atoms with Gasteiger partial charge in [0.1, 0.15) is 22.8 Å². The maximum Gasteiger partial charge on any atom is 0.416 e. The van der Waals surface area contributed by atoms with Gasteiger partial charge in [-0.05, 0) is 56.2 Å². The lowest BCUT2D eigenvalue weighted by Gasteiger charge is -2.12. The number of fused-ring (bicyclic) bond motifs is 6. The van der Waals surface area contributed by atoms with Crippen molar-refractivity contribution in [2.45, 2.75) is 32.1 Å². The van der Waals surface area contributed by atoms with Gasteiger partial charge in [0.25, 0.3) is 0 Å². The van der Waals surface area contributed by atoms with E-state index in [-0.39, 0.29) is 59.6 Å². The fourth-order valence-corrected chi connectivity index (χ4v) is 6.32. The third kappa shape index (κ3) is 8.62. The molecule has 2 aromatic carbocycles. The van der Waals surface area contributed by atoms with Gasteiger partial charge in [0.2, 0.25) is 0 Å². The smallest absolute Gasteiger partial charge is 0.416 e. The first-order chi connectivity index (χ1) is 29.6. The second-order valence-corrected chi connectivity index (χ2v) is 13.3. The van der Waals surface area contributed by atoms with Gasteiger partial charge in [0.05, 0.1) is 63.6 Å². The van der Waals surface area contributed by atoms with Crippen molar-refractivity contribution in [1.82, 2.24) is 49.1 Å². The minimum Gasteiger partial charge on any atom is -0.477 e. The van der Waals surface area contributed by atoms with Crippen LogP contribution in [-0.4, -0.2) is 109 Å². The highest BCUT2D eigenvalue weighted by Crippen LogP contribution is 2.35. The van der Waals surface area contributed by atoms with Crippen LogP contribution in [0.5, 0.6) is 0 Å². The Bertz CT molecular complexity index is 2920. The second-order valence-electron chi connectivity index (χ2n) is 13.3. The lowest BCUT2D eigenvalue weighted by molar-refractivity contribution is -0.138. The van der Waals surface area contributed by atoms with E-state index in [1.165, 1.54) is 36.7 Å². The summed E-state index contributed by atoms with van der Waals surface area (Å²) in [4.78, 5) is 40.4. The Labute approximate surface area is 343 Å². The van der Waals surface area contributed by atoms with E-state index in [2.05, 4.69) is 51.0 Å². The van der Waals surface area contributed by atoms with Gasteiger partial charge in [0, 0.05) is 38.4 Å². The van der Waals surface area contributed by atoms with Crippen molar-refractivity contribution in [3.8, 4) is 22.8 Å². The highest BCUT2D eigenvalue weighted by Gasteiger charge is 2.32. The molecular formula is C38H34F6N12O6. The van der Waals surface area contributed by atoms with Gasteiger partial charge in [-0.3, -0.25) is 19.0 Å². The van der Waals surface area contributed by atoms with Crippen LogP contribution in [0.4, 0.5) is 38.0 Å². The van der Waals surface area contributed by atoms with Crippen LogP contribution in [0, 0.1) is 0 Å². The zero-order valence-corrected chi connectivity index (χ0v) is 32.1. The summed E-state index contributed by atoms with van der Waals surface area (Å²) in [5, 5.41) is 46.2. The standard InChI is InChI=1S/C20H19F3N6O3.C18H15F3N6O3/c1-2-32-19(31)14-9-13(27-28-14)16-10-25-18-17(24-6-3-7-30)26-12-8-11(20(21,22)23)4-5-15(12)29(16)18;19-18(20,21)9-2-3-13-10(6-9)24-15(22-4-1-5-28)16-23-8-14(27(13)16)11-7-12(17(29)30)26-25-11/h4-5,8-10,30H,2-3,6-7H2,1H3,(H,24,26)(H,27,28);2-3,6-8,28H,1,4-5H2,(H,22,24)(H,25,26)(H,29,30). The van der Waals surface area contributed by atoms with Crippen LogP contribution in [-0.2, 0) is 17.1 Å². The molecule has 24 heteroatoms. The monoisotopic (exact) mass is 868 g/mol. The van der Waals surface area contributed by atoms with Crippen LogP contribution >= 0.6 is 0 Å². The summed E-state index contributed by atoms with van der Waals surface area (Å²) in [7, 11) is 0. The lowest BCUT2D eigenvalue weighted by atomic mass is 10.2. The normalized spacial score (nSPS) is 12.0. The molecule has 0 saturated heterocycles. The second kappa shape index (κ2) is 17.3. The van der Waals surface area contributed by atoms with Crippen molar-refractivity contribution in [3.05, 3.63) is 83.4 Å². The zero-order chi connectivity index (χ0) is 44.3. The van der Waals surface area contributed by atoms with Crippen LogP contribution in [0.15, 0.2) is 60.9 Å². The number of aromatic nitrogens is 10. The van der Waals surface area contributed by atoms with Gasteiger partial charge in [-0.25, -0.2) is 29.5 Å².